The van der Waals surface area contributed by atoms with Crippen LogP contribution in [-0.2, 0) is 9.53 Å². The Bertz CT molecular complexity index is 137. The maximum Gasteiger partial charge on any atom is 0.333 e. The highest BCUT2D eigenvalue weighted by molar-refractivity contribution is 5.87. The zero-order valence-corrected chi connectivity index (χ0v) is 7.64. The van der Waals surface area contributed by atoms with Gasteiger partial charge in [-0.3, -0.25) is 0 Å². The summed E-state index contributed by atoms with van der Waals surface area (Å²) in [6.07, 6.45) is 2.27. The highest BCUT2D eigenvalue weighted by Gasteiger charge is 2.06. The summed E-state index contributed by atoms with van der Waals surface area (Å²) in [4.78, 5) is 11.0. The highest BCUT2D eigenvalue weighted by Crippen LogP contribution is 2.03. The van der Waals surface area contributed by atoms with Crippen LogP contribution in [0.1, 0.15) is 26.2 Å². The van der Waals surface area contributed by atoms with Crippen LogP contribution < -0.4 is 5.73 Å². The number of rotatable bonds is 6. The Balaban J connectivity index is 3.55. The molecule has 0 fully saturated rings. The lowest BCUT2D eigenvalue weighted by Crippen LogP contribution is -2.09. The maximum atomic E-state index is 11.0. The van der Waals surface area contributed by atoms with Gasteiger partial charge in [0.15, 0.2) is 0 Å². The number of carbonyl (C=O) groups excluding carboxylic acids is 1. The Labute approximate surface area is 73.6 Å². The molecule has 0 aliphatic rings. The molecule has 0 saturated heterocycles. The van der Waals surface area contributed by atoms with E-state index in [0.717, 1.165) is 12.8 Å². The molecule has 3 nitrogen and oxygen atoms in total. The van der Waals surface area contributed by atoms with E-state index in [-0.39, 0.29) is 5.97 Å². The van der Waals surface area contributed by atoms with E-state index in [1.54, 1.807) is 0 Å². The molecule has 3 heteroatoms. The van der Waals surface area contributed by atoms with Crippen LogP contribution >= 0.6 is 0 Å². The molecule has 0 aromatic carbocycles. The standard InChI is InChI=1S/C9H17NO2/c1-3-7-12-9(11)8(2)5-4-6-10/h2-7,10H2,1H3. The number of ether oxygens (including phenoxy) is 1. The van der Waals surface area contributed by atoms with Gasteiger partial charge in [0.05, 0.1) is 6.61 Å². The minimum atomic E-state index is -0.287. The molecule has 0 saturated carbocycles. The third-order valence-electron chi connectivity index (χ3n) is 1.41. The van der Waals surface area contributed by atoms with E-state index in [1.165, 1.54) is 0 Å². The zero-order chi connectivity index (χ0) is 9.40. The van der Waals surface area contributed by atoms with Gasteiger partial charge in [-0.2, -0.15) is 0 Å². The lowest BCUT2D eigenvalue weighted by Gasteiger charge is -2.04. The number of hydrogen-bond donors (Lipinski definition) is 1. The summed E-state index contributed by atoms with van der Waals surface area (Å²) in [6, 6.07) is 0. The van der Waals surface area contributed by atoms with Gasteiger partial charge in [-0.05, 0) is 25.8 Å². The van der Waals surface area contributed by atoms with Gasteiger partial charge < -0.3 is 10.5 Å². The summed E-state index contributed by atoms with van der Waals surface area (Å²) in [5.41, 5.74) is 5.81. The molecule has 2 N–H and O–H groups in total. The molecule has 0 aromatic rings. The third-order valence-corrected chi connectivity index (χ3v) is 1.41. The minimum Gasteiger partial charge on any atom is -0.462 e. The van der Waals surface area contributed by atoms with Crippen molar-refractivity contribution in [3.8, 4) is 0 Å². The van der Waals surface area contributed by atoms with Crippen LogP contribution in [0.4, 0.5) is 0 Å². The first-order valence-corrected chi connectivity index (χ1v) is 4.27. The smallest absolute Gasteiger partial charge is 0.333 e. The van der Waals surface area contributed by atoms with Crippen LogP contribution in [0.2, 0.25) is 0 Å². The fourth-order valence-corrected chi connectivity index (χ4v) is 0.714. The minimum absolute atomic E-state index is 0.287. The first-order chi connectivity index (χ1) is 5.72. The maximum absolute atomic E-state index is 11.0. The number of carbonyl (C=O) groups is 1. The van der Waals surface area contributed by atoms with Gasteiger partial charge in [-0.25, -0.2) is 4.79 Å². The Hall–Kier alpha value is -0.830. The van der Waals surface area contributed by atoms with Crippen molar-refractivity contribution in [3.05, 3.63) is 12.2 Å². The van der Waals surface area contributed by atoms with E-state index in [4.69, 9.17) is 10.5 Å². The summed E-state index contributed by atoms with van der Waals surface area (Å²) in [5.74, 6) is -0.287. The van der Waals surface area contributed by atoms with Crippen molar-refractivity contribution in [3.63, 3.8) is 0 Å². The van der Waals surface area contributed by atoms with Crippen LogP contribution in [0.15, 0.2) is 12.2 Å². The van der Waals surface area contributed by atoms with E-state index in [1.807, 2.05) is 6.92 Å². The molecule has 0 bridgehead atoms. The summed E-state index contributed by atoms with van der Waals surface area (Å²) in [6.45, 7) is 6.63. The molecule has 0 aromatic heterocycles. The van der Waals surface area contributed by atoms with Gasteiger partial charge in [-0.1, -0.05) is 13.5 Å². The third kappa shape index (κ3) is 4.91. The van der Waals surface area contributed by atoms with Crippen LogP contribution in [0.3, 0.4) is 0 Å². The van der Waals surface area contributed by atoms with E-state index in [9.17, 15) is 4.79 Å². The second kappa shape index (κ2) is 6.85. The molecule has 0 spiro atoms. The molecule has 0 unspecified atom stereocenters. The fraction of sp³-hybridized carbons (Fsp3) is 0.667. The largest absolute Gasteiger partial charge is 0.462 e. The van der Waals surface area contributed by atoms with E-state index in [2.05, 4.69) is 6.58 Å². The van der Waals surface area contributed by atoms with Crippen molar-refractivity contribution in [1.29, 1.82) is 0 Å². The Morgan fingerprint density at radius 2 is 2.25 bits per heavy atom. The quantitative estimate of drug-likeness (QED) is 0.483. The van der Waals surface area contributed by atoms with Crippen LogP contribution in [0.5, 0.6) is 0 Å². The van der Waals surface area contributed by atoms with E-state index >= 15 is 0 Å². The van der Waals surface area contributed by atoms with Crippen molar-refractivity contribution in [2.75, 3.05) is 13.2 Å². The molecule has 0 heterocycles. The lowest BCUT2D eigenvalue weighted by molar-refractivity contribution is -0.139. The van der Waals surface area contributed by atoms with Crippen LogP contribution in [0, 0.1) is 0 Å². The fourth-order valence-electron chi connectivity index (χ4n) is 0.714. The predicted octanol–water partition coefficient (Wildman–Crippen LogP) is 1.23. The zero-order valence-electron chi connectivity index (χ0n) is 7.64. The van der Waals surface area contributed by atoms with Crippen molar-refractivity contribution in [2.45, 2.75) is 26.2 Å². The van der Waals surface area contributed by atoms with Gasteiger partial charge in [0.2, 0.25) is 0 Å². The van der Waals surface area contributed by atoms with Crippen LogP contribution in [-0.4, -0.2) is 19.1 Å². The second-order valence-electron chi connectivity index (χ2n) is 2.63. The lowest BCUT2D eigenvalue weighted by atomic mass is 10.2. The Morgan fingerprint density at radius 1 is 1.58 bits per heavy atom. The average Bonchev–Trinajstić information content (AvgIpc) is 2.10. The molecule has 0 aliphatic heterocycles. The molecule has 0 aliphatic carbocycles. The molecular weight excluding hydrogens is 154 g/mol. The molecule has 0 radical (unpaired) electrons. The summed E-state index contributed by atoms with van der Waals surface area (Å²) >= 11 is 0. The molecule has 12 heavy (non-hydrogen) atoms. The molecular formula is C9H17NO2. The van der Waals surface area contributed by atoms with E-state index < -0.39 is 0 Å². The monoisotopic (exact) mass is 171 g/mol. The molecule has 70 valence electrons. The Kier molecular flexibility index (Phi) is 6.38. The number of hydrogen-bond acceptors (Lipinski definition) is 3. The molecule has 0 atom stereocenters. The van der Waals surface area contributed by atoms with Gasteiger partial charge in [-0.15, -0.1) is 0 Å². The summed E-state index contributed by atoms with van der Waals surface area (Å²) in [5, 5.41) is 0. The Morgan fingerprint density at radius 3 is 2.75 bits per heavy atom. The molecule has 0 rings (SSSR count). The average molecular weight is 171 g/mol. The first-order valence-electron chi connectivity index (χ1n) is 4.27. The van der Waals surface area contributed by atoms with Crippen LogP contribution in [0.25, 0.3) is 0 Å². The first kappa shape index (κ1) is 11.2. The van der Waals surface area contributed by atoms with Crippen molar-refractivity contribution < 1.29 is 9.53 Å². The topological polar surface area (TPSA) is 52.3 Å². The predicted molar refractivity (Wildman–Crippen MR) is 48.7 cm³/mol. The van der Waals surface area contributed by atoms with Gasteiger partial charge >= 0.3 is 5.97 Å². The highest BCUT2D eigenvalue weighted by atomic mass is 16.5. The second-order valence-corrected chi connectivity index (χ2v) is 2.63. The van der Waals surface area contributed by atoms with Gasteiger partial charge in [0.1, 0.15) is 0 Å². The van der Waals surface area contributed by atoms with Crippen molar-refractivity contribution in [1.82, 2.24) is 0 Å². The number of esters is 1. The van der Waals surface area contributed by atoms with E-state index in [0.29, 0.717) is 25.1 Å². The summed E-state index contributed by atoms with van der Waals surface area (Å²) in [7, 11) is 0. The van der Waals surface area contributed by atoms with Crippen molar-refractivity contribution >= 4 is 5.97 Å². The normalized spacial score (nSPS) is 9.50. The summed E-state index contributed by atoms with van der Waals surface area (Å²) < 4.78 is 4.87. The SMILES string of the molecule is C=C(CCCN)C(=O)OCCC. The van der Waals surface area contributed by atoms with Crippen molar-refractivity contribution in [2.24, 2.45) is 5.73 Å². The number of nitrogens with two attached hydrogens (primary N) is 1. The van der Waals surface area contributed by atoms with Gasteiger partial charge in [0, 0.05) is 5.57 Å². The molecule has 0 amide bonds. The van der Waals surface area contributed by atoms with Gasteiger partial charge in [0.25, 0.3) is 0 Å².